The van der Waals surface area contributed by atoms with Gasteiger partial charge in [0.25, 0.3) is 0 Å². The summed E-state index contributed by atoms with van der Waals surface area (Å²) in [5, 5.41) is 40.1. The summed E-state index contributed by atoms with van der Waals surface area (Å²) in [5.41, 5.74) is 0. The van der Waals surface area contributed by atoms with Gasteiger partial charge in [-0.1, -0.05) is 179 Å². The van der Waals surface area contributed by atoms with E-state index >= 15 is 0 Å². The first kappa shape index (κ1) is 54.2. The number of allylic oxidation sites excluding steroid dienone is 4. The van der Waals surface area contributed by atoms with Gasteiger partial charge in [0, 0.05) is 12.8 Å². The zero-order valence-electron chi connectivity index (χ0n) is 37.1. The first-order valence-corrected chi connectivity index (χ1v) is 23.9. The minimum absolute atomic E-state index is 0.228. The van der Waals surface area contributed by atoms with Crippen LogP contribution in [0.25, 0.3) is 0 Å². The van der Waals surface area contributed by atoms with Crippen LogP contribution < -0.4 is 0 Å². The summed E-state index contributed by atoms with van der Waals surface area (Å²) in [5.74, 6) is -0.835. The topological polar surface area (TPSA) is 152 Å². The number of ether oxygens (including phenoxy) is 4. The Morgan fingerprint density at radius 1 is 0.534 bits per heavy atom. The molecule has 1 saturated heterocycles. The van der Waals surface area contributed by atoms with Crippen molar-refractivity contribution in [1.82, 2.24) is 0 Å². The number of carbonyl (C=O) groups is 2. The second-order valence-electron chi connectivity index (χ2n) is 16.6. The Hall–Kier alpha value is -1.82. The molecule has 0 aromatic heterocycles. The smallest absolute Gasteiger partial charge is 0.306 e. The van der Waals surface area contributed by atoms with Gasteiger partial charge in [0.15, 0.2) is 12.4 Å². The van der Waals surface area contributed by atoms with Crippen molar-refractivity contribution in [3.63, 3.8) is 0 Å². The van der Waals surface area contributed by atoms with Gasteiger partial charge >= 0.3 is 11.9 Å². The molecule has 0 amide bonds. The number of hydrogen-bond donors (Lipinski definition) is 4. The van der Waals surface area contributed by atoms with E-state index in [1.807, 2.05) is 0 Å². The van der Waals surface area contributed by atoms with Crippen LogP contribution in [0.1, 0.15) is 213 Å². The molecule has 0 spiro atoms. The van der Waals surface area contributed by atoms with Crippen LogP contribution in [0.2, 0.25) is 0 Å². The highest BCUT2D eigenvalue weighted by molar-refractivity contribution is 5.70. The highest BCUT2D eigenvalue weighted by Gasteiger charge is 2.44. The van der Waals surface area contributed by atoms with Gasteiger partial charge in [-0.25, -0.2) is 0 Å². The van der Waals surface area contributed by atoms with E-state index in [1.165, 1.54) is 128 Å². The van der Waals surface area contributed by atoms with E-state index in [-0.39, 0.29) is 26.1 Å². The standard InChI is InChI=1S/C48H88O10/c1-3-5-7-9-11-13-15-17-19-20-21-23-25-27-29-31-33-35-37-44(51)57-41(40-56-48-47(54)46(53)45(52)42(38-49)58-48)39-55-43(50)36-34-32-30-28-26-24-22-18-16-14-12-10-8-6-4-2/h18,22,26,28,41-42,45-49,52-54H,3-17,19-21,23-25,27,29-40H2,1-2H3/b22-18+,28-26+/t41-,42-,45+,46?,47?,48-/m1/s1. The predicted octanol–water partition coefficient (Wildman–Crippen LogP) is 10.5. The molecule has 1 aliphatic heterocycles. The van der Waals surface area contributed by atoms with Crippen molar-refractivity contribution in [2.45, 2.75) is 250 Å². The van der Waals surface area contributed by atoms with Crippen molar-refractivity contribution in [2.75, 3.05) is 19.8 Å². The molecule has 0 aliphatic carbocycles. The first-order chi connectivity index (χ1) is 28.3. The summed E-state index contributed by atoms with van der Waals surface area (Å²) in [7, 11) is 0. The zero-order valence-corrected chi connectivity index (χ0v) is 37.1. The van der Waals surface area contributed by atoms with Gasteiger partial charge in [0.05, 0.1) is 13.2 Å². The minimum Gasteiger partial charge on any atom is -0.462 e. The Balaban J connectivity index is 2.31. The van der Waals surface area contributed by atoms with E-state index < -0.39 is 55.4 Å². The van der Waals surface area contributed by atoms with Crippen molar-refractivity contribution in [3.8, 4) is 0 Å². The molecular weight excluding hydrogens is 737 g/mol. The largest absolute Gasteiger partial charge is 0.462 e. The Morgan fingerprint density at radius 2 is 0.966 bits per heavy atom. The van der Waals surface area contributed by atoms with Crippen LogP contribution in [-0.4, -0.2) is 89.0 Å². The Kier molecular flexibility index (Phi) is 36.7. The monoisotopic (exact) mass is 825 g/mol. The molecule has 1 heterocycles. The molecule has 0 aromatic carbocycles. The number of hydrogen-bond acceptors (Lipinski definition) is 10. The average Bonchev–Trinajstić information content (AvgIpc) is 3.22. The zero-order chi connectivity index (χ0) is 42.3. The number of esters is 2. The van der Waals surface area contributed by atoms with Crippen molar-refractivity contribution in [3.05, 3.63) is 24.3 Å². The van der Waals surface area contributed by atoms with E-state index in [9.17, 15) is 30.0 Å². The second-order valence-corrected chi connectivity index (χ2v) is 16.6. The van der Waals surface area contributed by atoms with Crippen LogP contribution in [0.3, 0.4) is 0 Å². The van der Waals surface area contributed by atoms with Gasteiger partial charge in [0.2, 0.25) is 0 Å². The van der Waals surface area contributed by atoms with Crippen molar-refractivity contribution in [1.29, 1.82) is 0 Å². The van der Waals surface area contributed by atoms with Gasteiger partial charge in [-0.15, -0.1) is 0 Å². The van der Waals surface area contributed by atoms with Gasteiger partial charge in [-0.3, -0.25) is 9.59 Å². The van der Waals surface area contributed by atoms with Crippen LogP contribution in [0.4, 0.5) is 0 Å². The number of aliphatic hydroxyl groups is 4. The lowest BCUT2D eigenvalue weighted by Crippen LogP contribution is -2.59. The Morgan fingerprint density at radius 3 is 1.47 bits per heavy atom. The molecule has 0 radical (unpaired) electrons. The lowest BCUT2D eigenvalue weighted by molar-refractivity contribution is -0.305. The summed E-state index contributed by atoms with van der Waals surface area (Å²) in [4.78, 5) is 25.3. The van der Waals surface area contributed by atoms with Crippen LogP contribution in [0, 0.1) is 0 Å². The lowest BCUT2D eigenvalue weighted by Gasteiger charge is -2.39. The fourth-order valence-electron chi connectivity index (χ4n) is 7.28. The van der Waals surface area contributed by atoms with Gasteiger partial charge in [-0.2, -0.15) is 0 Å². The molecule has 2 unspecified atom stereocenters. The molecule has 6 atom stereocenters. The Bertz CT molecular complexity index is 1000. The summed E-state index contributed by atoms with van der Waals surface area (Å²) in [6.07, 6.45) is 36.1. The van der Waals surface area contributed by atoms with Crippen molar-refractivity contribution in [2.24, 2.45) is 0 Å². The molecule has 10 nitrogen and oxygen atoms in total. The second kappa shape index (κ2) is 39.3. The van der Waals surface area contributed by atoms with Crippen molar-refractivity contribution < 1.29 is 49.0 Å². The summed E-state index contributed by atoms with van der Waals surface area (Å²) < 4.78 is 22.2. The van der Waals surface area contributed by atoms with E-state index in [2.05, 4.69) is 38.2 Å². The van der Waals surface area contributed by atoms with Crippen LogP contribution in [-0.2, 0) is 28.5 Å². The lowest BCUT2D eigenvalue weighted by atomic mass is 9.99. The molecular formula is C48H88O10. The first-order valence-electron chi connectivity index (χ1n) is 23.9. The molecule has 1 rings (SSSR count). The maximum Gasteiger partial charge on any atom is 0.306 e. The molecule has 0 bridgehead atoms. The van der Waals surface area contributed by atoms with Crippen LogP contribution >= 0.6 is 0 Å². The third-order valence-electron chi connectivity index (χ3n) is 11.1. The number of unbranched alkanes of at least 4 members (excludes halogenated alkanes) is 25. The Labute approximate surface area is 353 Å². The minimum atomic E-state index is -1.60. The molecule has 1 fully saturated rings. The van der Waals surface area contributed by atoms with E-state index in [1.54, 1.807) is 0 Å². The molecule has 0 saturated carbocycles. The molecule has 10 heteroatoms. The molecule has 4 N–H and O–H groups in total. The van der Waals surface area contributed by atoms with E-state index in [4.69, 9.17) is 18.9 Å². The van der Waals surface area contributed by atoms with E-state index in [0.717, 1.165) is 44.9 Å². The van der Waals surface area contributed by atoms with Crippen molar-refractivity contribution >= 4 is 11.9 Å². The highest BCUT2D eigenvalue weighted by atomic mass is 16.7. The quantitative estimate of drug-likeness (QED) is 0.0267. The fourth-order valence-corrected chi connectivity index (χ4v) is 7.28. The molecule has 1 aliphatic rings. The summed E-state index contributed by atoms with van der Waals surface area (Å²) in [6, 6.07) is 0. The maximum absolute atomic E-state index is 12.8. The normalized spacial score (nSPS) is 20.3. The van der Waals surface area contributed by atoms with Crippen LogP contribution in [0.5, 0.6) is 0 Å². The fraction of sp³-hybridized carbons (Fsp3) is 0.875. The number of carbonyl (C=O) groups excluding carboxylic acids is 2. The predicted molar refractivity (Wildman–Crippen MR) is 233 cm³/mol. The SMILES string of the molecule is CCCCCCCC/C=C/C/C=C/CCCCC(=O)OC[C@H](CO[C@@H]1O[C@H](CO)[C@H](O)C(O)C1O)OC(=O)CCCCCCCCCCCCCCCCCCCC. The summed E-state index contributed by atoms with van der Waals surface area (Å²) >= 11 is 0. The van der Waals surface area contributed by atoms with Gasteiger partial charge in [-0.05, 0) is 44.9 Å². The molecule has 58 heavy (non-hydrogen) atoms. The average molecular weight is 825 g/mol. The third-order valence-corrected chi connectivity index (χ3v) is 11.1. The van der Waals surface area contributed by atoms with Crippen LogP contribution in [0.15, 0.2) is 24.3 Å². The molecule has 340 valence electrons. The highest BCUT2D eigenvalue weighted by Crippen LogP contribution is 2.23. The number of aliphatic hydroxyl groups excluding tert-OH is 4. The maximum atomic E-state index is 12.8. The molecule has 0 aromatic rings. The number of rotatable bonds is 40. The third kappa shape index (κ3) is 30.2. The van der Waals surface area contributed by atoms with Gasteiger partial charge in [0.1, 0.15) is 31.0 Å². The van der Waals surface area contributed by atoms with Gasteiger partial charge < -0.3 is 39.4 Å². The van der Waals surface area contributed by atoms with E-state index in [0.29, 0.717) is 12.8 Å². The summed E-state index contributed by atoms with van der Waals surface area (Å²) in [6.45, 7) is 3.41.